The van der Waals surface area contributed by atoms with Crippen LogP contribution in [0.2, 0.25) is 5.15 Å². The molecule has 0 amide bonds. The summed E-state index contributed by atoms with van der Waals surface area (Å²) in [5.41, 5.74) is 7.69. The first-order valence-corrected chi connectivity index (χ1v) is 8.75. The number of hydrogen-bond acceptors (Lipinski definition) is 6. The summed E-state index contributed by atoms with van der Waals surface area (Å²) in [5, 5.41) is 5.47. The first-order valence-electron chi connectivity index (χ1n) is 8.37. The van der Waals surface area contributed by atoms with Gasteiger partial charge in [-0.3, -0.25) is 4.90 Å². The second-order valence-electron chi connectivity index (χ2n) is 6.14. The largest absolute Gasteiger partial charge is 0.369 e. The van der Waals surface area contributed by atoms with Crippen molar-refractivity contribution in [3.8, 4) is 0 Å². The first-order chi connectivity index (χ1) is 12.2. The van der Waals surface area contributed by atoms with E-state index in [2.05, 4.69) is 55.2 Å². The Morgan fingerprint density at radius 3 is 2.52 bits per heavy atom. The van der Waals surface area contributed by atoms with E-state index >= 15 is 0 Å². The van der Waals surface area contributed by atoms with Crippen LogP contribution in [0, 0.1) is 0 Å². The summed E-state index contributed by atoms with van der Waals surface area (Å²) in [6.07, 6.45) is 1.70. The summed E-state index contributed by atoms with van der Waals surface area (Å²) in [6.45, 7) is 5.80. The molecule has 3 heterocycles. The van der Waals surface area contributed by atoms with Gasteiger partial charge in [-0.05, 0) is 12.1 Å². The third kappa shape index (κ3) is 3.38. The lowest BCUT2D eigenvalue weighted by molar-refractivity contribution is 0.245. The van der Waals surface area contributed by atoms with E-state index in [0.29, 0.717) is 10.8 Å². The highest BCUT2D eigenvalue weighted by molar-refractivity contribution is 6.34. The van der Waals surface area contributed by atoms with Crippen LogP contribution in [0.1, 0.15) is 0 Å². The molecule has 1 saturated heterocycles. The molecule has 8 heteroatoms. The predicted octanol–water partition coefficient (Wildman–Crippen LogP) is 1.88. The number of aromatic nitrogens is 4. The zero-order valence-corrected chi connectivity index (χ0v) is 14.6. The van der Waals surface area contributed by atoms with Crippen LogP contribution < -0.4 is 10.6 Å². The average molecular weight is 358 g/mol. The van der Waals surface area contributed by atoms with Crippen LogP contribution >= 0.6 is 11.6 Å². The van der Waals surface area contributed by atoms with E-state index in [1.807, 2.05) is 4.68 Å². The maximum atomic E-state index is 6.10. The van der Waals surface area contributed by atoms with Crippen LogP contribution in [-0.4, -0.2) is 57.4 Å². The molecule has 1 aliphatic rings. The van der Waals surface area contributed by atoms with Gasteiger partial charge in [-0.1, -0.05) is 29.8 Å². The lowest BCUT2D eigenvalue weighted by atomic mass is 10.2. The molecule has 0 aliphatic carbocycles. The molecular weight excluding hydrogens is 338 g/mol. The maximum absolute atomic E-state index is 6.10. The fourth-order valence-corrected chi connectivity index (χ4v) is 3.42. The number of fused-ring (bicyclic) bond motifs is 1. The monoisotopic (exact) mass is 357 g/mol. The number of para-hydroxylation sites is 1. The van der Waals surface area contributed by atoms with Crippen molar-refractivity contribution in [3.63, 3.8) is 0 Å². The Balaban J connectivity index is 1.37. The van der Waals surface area contributed by atoms with Crippen molar-refractivity contribution in [1.29, 1.82) is 0 Å². The quantitative estimate of drug-likeness (QED) is 0.718. The van der Waals surface area contributed by atoms with Gasteiger partial charge in [0, 0.05) is 38.4 Å². The van der Waals surface area contributed by atoms with Crippen molar-refractivity contribution in [2.75, 3.05) is 43.4 Å². The van der Waals surface area contributed by atoms with Crippen LogP contribution in [0.4, 0.5) is 11.6 Å². The second-order valence-corrected chi connectivity index (χ2v) is 6.50. The fourth-order valence-electron chi connectivity index (χ4n) is 3.20. The van der Waals surface area contributed by atoms with Crippen molar-refractivity contribution in [3.05, 3.63) is 41.7 Å². The molecule has 1 aliphatic heterocycles. The Morgan fingerprint density at radius 1 is 1.00 bits per heavy atom. The molecule has 25 heavy (non-hydrogen) atoms. The third-order valence-corrected chi connectivity index (χ3v) is 4.88. The average Bonchev–Trinajstić information content (AvgIpc) is 3.04. The minimum atomic E-state index is 0.177. The smallest absolute Gasteiger partial charge is 0.223 e. The highest BCUT2D eigenvalue weighted by Gasteiger charge is 2.17. The predicted molar refractivity (Wildman–Crippen MR) is 99.8 cm³/mol. The number of benzene rings is 1. The van der Waals surface area contributed by atoms with Crippen molar-refractivity contribution < 1.29 is 0 Å². The third-order valence-electron chi connectivity index (χ3n) is 4.59. The van der Waals surface area contributed by atoms with Crippen molar-refractivity contribution in [2.45, 2.75) is 6.54 Å². The number of anilines is 2. The maximum Gasteiger partial charge on any atom is 0.223 e. The topological polar surface area (TPSA) is 76.1 Å². The van der Waals surface area contributed by atoms with Crippen LogP contribution in [0.3, 0.4) is 0 Å². The molecule has 3 aromatic rings. The number of halogens is 1. The molecule has 2 aromatic heterocycles. The molecule has 0 atom stereocenters. The molecule has 0 unspecified atom stereocenters. The van der Waals surface area contributed by atoms with Crippen molar-refractivity contribution >= 4 is 34.3 Å². The van der Waals surface area contributed by atoms with Gasteiger partial charge >= 0.3 is 0 Å². The summed E-state index contributed by atoms with van der Waals surface area (Å²) in [7, 11) is 0. The van der Waals surface area contributed by atoms with E-state index in [1.54, 1.807) is 6.20 Å². The van der Waals surface area contributed by atoms with Gasteiger partial charge in [-0.2, -0.15) is 10.1 Å². The highest BCUT2D eigenvalue weighted by atomic mass is 35.5. The lowest BCUT2D eigenvalue weighted by Gasteiger charge is -2.36. The zero-order chi connectivity index (χ0) is 17.2. The summed E-state index contributed by atoms with van der Waals surface area (Å²) >= 11 is 6.10. The molecule has 0 bridgehead atoms. The van der Waals surface area contributed by atoms with Crippen LogP contribution in [0.15, 0.2) is 36.5 Å². The summed E-state index contributed by atoms with van der Waals surface area (Å²) in [6, 6.07) is 10.6. The number of nitrogens with zero attached hydrogens (tertiary/aromatic N) is 6. The Kier molecular flexibility index (Phi) is 4.42. The van der Waals surface area contributed by atoms with E-state index in [9.17, 15) is 0 Å². The van der Waals surface area contributed by atoms with Gasteiger partial charge in [0.05, 0.1) is 18.1 Å². The summed E-state index contributed by atoms with van der Waals surface area (Å²) in [5.74, 6) is 0.177. The van der Waals surface area contributed by atoms with Crippen molar-refractivity contribution in [1.82, 2.24) is 24.6 Å². The lowest BCUT2D eigenvalue weighted by Crippen LogP contribution is -2.47. The molecule has 0 spiro atoms. The molecule has 1 fully saturated rings. The van der Waals surface area contributed by atoms with Gasteiger partial charge in [0.2, 0.25) is 5.95 Å². The molecule has 7 nitrogen and oxygen atoms in total. The number of rotatable bonds is 4. The Bertz CT molecular complexity index is 856. The highest BCUT2D eigenvalue weighted by Crippen LogP contribution is 2.21. The van der Waals surface area contributed by atoms with Crippen LogP contribution in [0.5, 0.6) is 0 Å². The molecule has 0 saturated carbocycles. The van der Waals surface area contributed by atoms with Gasteiger partial charge in [0.1, 0.15) is 5.15 Å². The SMILES string of the molecule is Nc1nc(Cl)c2cnn(CCN3CCN(c4ccccc4)CC3)c2n1. The molecule has 130 valence electrons. The molecule has 2 N–H and O–H groups in total. The Hall–Kier alpha value is -2.38. The van der Waals surface area contributed by atoms with Gasteiger partial charge in [0.15, 0.2) is 5.65 Å². The van der Waals surface area contributed by atoms with Gasteiger partial charge < -0.3 is 10.6 Å². The first kappa shape index (κ1) is 16.1. The Labute approximate surface area is 151 Å². The minimum absolute atomic E-state index is 0.177. The fraction of sp³-hybridized carbons (Fsp3) is 0.353. The van der Waals surface area contributed by atoms with E-state index in [0.717, 1.165) is 44.7 Å². The van der Waals surface area contributed by atoms with Gasteiger partial charge in [0.25, 0.3) is 0 Å². The van der Waals surface area contributed by atoms with E-state index < -0.39 is 0 Å². The van der Waals surface area contributed by atoms with E-state index in [4.69, 9.17) is 17.3 Å². The number of nitrogen functional groups attached to an aromatic ring is 1. The van der Waals surface area contributed by atoms with E-state index in [-0.39, 0.29) is 5.95 Å². The molecule has 1 aromatic carbocycles. The number of hydrogen-bond donors (Lipinski definition) is 1. The van der Waals surface area contributed by atoms with Crippen molar-refractivity contribution in [2.24, 2.45) is 0 Å². The standard InChI is InChI=1S/C17H20ClN7/c18-15-14-12-20-25(16(14)22-17(19)21-15)11-8-23-6-9-24(10-7-23)13-4-2-1-3-5-13/h1-5,12H,6-11H2,(H2,19,21,22). The van der Waals surface area contributed by atoms with Gasteiger partial charge in [-0.25, -0.2) is 9.67 Å². The van der Waals surface area contributed by atoms with Crippen LogP contribution in [0.25, 0.3) is 11.0 Å². The normalized spacial score (nSPS) is 15.8. The zero-order valence-electron chi connectivity index (χ0n) is 13.8. The second kappa shape index (κ2) is 6.85. The summed E-state index contributed by atoms with van der Waals surface area (Å²) < 4.78 is 1.85. The van der Waals surface area contributed by atoms with Crippen LogP contribution in [-0.2, 0) is 6.54 Å². The minimum Gasteiger partial charge on any atom is -0.369 e. The molecule has 0 radical (unpaired) electrons. The Morgan fingerprint density at radius 2 is 1.76 bits per heavy atom. The summed E-state index contributed by atoms with van der Waals surface area (Å²) in [4.78, 5) is 13.1. The van der Waals surface area contributed by atoms with Gasteiger partial charge in [-0.15, -0.1) is 0 Å². The number of nitrogens with two attached hydrogens (primary N) is 1. The number of piperazine rings is 1. The molecule has 4 rings (SSSR count). The van der Waals surface area contributed by atoms with E-state index in [1.165, 1.54) is 5.69 Å². The molecular formula is C17H20ClN7.